The van der Waals surface area contributed by atoms with E-state index in [-0.39, 0.29) is 5.82 Å². The van der Waals surface area contributed by atoms with Crippen LogP contribution in [-0.2, 0) is 0 Å². The van der Waals surface area contributed by atoms with Crippen molar-refractivity contribution in [2.24, 2.45) is 0 Å². The molecule has 106 valence electrons. The first-order valence-electron chi connectivity index (χ1n) is 7.10. The van der Waals surface area contributed by atoms with Crippen LogP contribution in [0.15, 0.2) is 24.3 Å². The topological polar surface area (TPSA) is 12.0 Å². The molecule has 0 saturated carbocycles. The summed E-state index contributed by atoms with van der Waals surface area (Å²) < 4.78 is 14.3. The van der Waals surface area contributed by atoms with Crippen molar-refractivity contribution < 1.29 is 4.39 Å². The molecule has 1 nitrogen and oxygen atoms in total. The Morgan fingerprint density at radius 1 is 1.40 bits per heavy atom. The first-order chi connectivity index (χ1) is 9.74. The predicted molar refractivity (Wildman–Crippen MR) is 85.5 cm³/mol. The molecule has 2 rings (SSSR count). The largest absolute Gasteiger partial charge is 0.309 e. The normalized spacial score (nSPS) is 12.4. The summed E-state index contributed by atoms with van der Waals surface area (Å²) in [5.74, 6) is 2.52. The Balaban J connectivity index is 2.18. The third-order valence-corrected chi connectivity index (χ3v) is 4.51. The van der Waals surface area contributed by atoms with Gasteiger partial charge in [0.1, 0.15) is 5.82 Å². The average Bonchev–Trinajstić information content (AvgIpc) is 2.85. The highest BCUT2D eigenvalue weighted by atomic mass is 32.1. The summed E-state index contributed by atoms with van der Waals surface area (Å²) in [6.45, 7) is 3.15. The van der Waals surface area contributed by atoms with Gasteiger partial charge in [0, 0.05) is 22.0 Å². The van der Waals surface area contributed by atoms with Crippen LogP contribution in [-0.4, -0.2) is 6.54 Å². The fourth-order valence-corrected chi connectivity index (χ4v) is 3.47. The standard InChI is InChI=1S/C17H20FNS/c1-3-5-6-7-15(19-10-4-2)17-11-13-8-9-14(18)12-16(13)20-17/h1,8-9,11-12,15,19H,4-7,10H2,2H3. The van der Waals surface area contributed by atoms with Crippen LogP contribution in [0.5, 0.6) is 0 Å². The van der Waals surface area contributed by atoms with Crippen molar-refractivity contribution in [2.75, 3.05) is 6.54 Å². The Bertz CT molecular complexity index is 597. The maximum absolute atomic E-state index is 13.3. The smallest absolute Gasteiger partial charge is 0.124 e. The fraction of sp³-hybridized carbons (Fsp3) is 0.412. The number of hydrogen-bond acceptors (Lipinski definition) is 2. The van der Waals surface area contributed by atoms with Crippen molar-refractivity contribution in [2.45, 2.75) is 38.6 Å². The summed E-state index contributed by atoms with van der Waals surface area (Å²) in [7, 11) is 0. The molecule has 0 saturated heterocycles. The number of halogens is 1. The summed E-state index contributed by atoms with van der Waals surface area (Å²) in [5, 5.41) is 4.69. The first-order valence-corrected chi connectivity index (χ1v) is 7.92. The Morgan fingerprint density at radius 3 is 3.00 bits per heavy atom. The minimum atomic E-state index is -0.170. The number of rotatable bonds is 7. The molecule has 0 bridgehead atoms. The van der Waals surface area contributed by atoms with Crippen molar-refractivity contribution in [1.29, 1.82) is 0 Å². The van der Waals surface area contributed by atoms with Gasteiger partial charge in [-0.3, -0.25) is 0 Å². The molecule has 0 aliphatic rings. The number of nitrogens with one attached hydrogen (secondary N) is 1. The Morgan fingerprint density at radius 2 is 2.25 bits per heavy atom. The molecule has 1 atom stereocenters. The number of unbranched alkanes of at least 4 members (excludes halogenated alkanes) is 1. The van der Waals surface area contributed by atoms with E-state index in [2.05, 4.69) is 24.2 Å². The van der Waals surface area contributed by atoms with Gasteiger partial charge in [-0.2, -0.15) is 0 Å². The third-order valence-electron chi connectivity index (χ3n) is 3.30. The van der Waals surface area contributed by atoms with Gasteiger partial charge in [0.05, 0.1) is 0 Å². The SMILES string of the molecule is C#CCCCC(NCCC)c1cc2ccc(F)cc2s1. The number of terminal acetylenes is 1. The van der Waals surface area contributed by atoms with Gasteiger partial charge < -0.3 is 5.32 Å². The Labute approximate surface area is 124 Å². The molecule has 0 spiro atoms. The first kappa shape index (κ1) is 15.0. The van der Waals surface area contributed by atoms with E-state index in [1.807, 2.05) is 6.07 Å². The highest BCUT2D eigenvalue weighted by Gasteiger charge is 2.13. The lowest BCUT2D eigenvalue weighted by Crippen LogP contribution is -2.21. The molecular formula is C17H20FNS. The summed E-state index contributed by atoms with van der Waals surface area (Å²) in [6.07, 6.45) is 9.28. The van der Waals surface area contributed by atoms with Gasteiger partial charge >= 0.3 is 0 Å². The molecule has 0 fully saturated rings. The van der Waals surface area contributed by atoms with E-state index in [4.69, 9.17) is 6.42 Å². The molecule has 1 aromatic heterocycles. The van der Waals surface area contributed by atoms with Gasteiger partial charge in [0.2, 0.25) is 0 Å². The lowest BCUT2D eigenvalue weighted by molar-refractivity contribution is 0.494. The molecule has 2 aromatic rings. The molecule has 0 amide bonds. The minimum Gasteiger partial charge on any atom is -0.309 e. The number of benzene rings is 1. The van der Waals surface area contributed by atoms with Gasteiger partial charge in [0.15, 0.2) is 0 Å². The zero-order valence-electron chi connectivity index (χ0n) is 11.8. The summed E-state index contributed by atoms with van der Waals surface area (Å²) in [5.41, 5.74) is 0. The van der Waals surface area contributed by atoms with Crippen LogP contribution in [0.4, 0.5) is 4.39 Å². The van der Waals surface area contributed by atoms with Crippen molar-refractivity contribution in [3.05, 3.63) is 35.0 Å². The van der Waals surface area contributed by atoms with Gasteiger partial charge in [0.25, 0.3) is 0 Å². The highest BCUT2D eigenvalue weighted by molar-refractivity contribution is 7.19. The molecule has 3 heteroatoms. The summed E-state index contributed by atoms with van der Waals surface area (Å²) in [6, 6.07) is 7.47. The lowest BCUT2D eigenvalue weighted by atomic mass is 10.1. The molecule has 20 heavy (non-hydrogen) atoms. The van der Waals surface area contributed by atoms with Crippen LogP contribution in [0.3, 0.4) is 0 Å². The van der Waals surface area contributed by atoms with E-state index in [0.29, 0.717) is 6.04 Å². The van der Waals surface area contributed by atoms with E-state index < -0.39 is 0 Å². The van der Waals surface area contributed by atoms with Crippen LogP contribution in [0, 0.1) is 18.2 Å². The molecule has 0 radical (unpaired) electrons. The second-order valence-electron chi connectivity index (χ2n) is 4.93. The van der Waals surface area contributed by atoms with Gasteiger partial charge in [-0.25, -0.2) is 4.39 Å². The monoisotopic (exact) mass is 289 g/mol. The van der Waals surface area contributed by atoms with Gasteiger partial charge in [-0.05, 0) is 49.4 Å². The molecular weight excluding hydrogens is 269 g/mol. The minimum absolute atomic E-state index is 0.170. The second kappa shape index (κ2) is 7.42. The maximum atomic E-state index is 13.3. The van der Waals surface area contributed by atoms with Crippen LogP contribution >= 0.6 is 11.3 Å². The Hall–Kier alpha value is -1.37. The van der Waals surface area contributed by atoms with E-state index in [1.165, 1.54) is 10.9 Å². The van der Waals surface area contributed by atoms with Crippen LogP contribution in [0.1, 0.15) is 43.5 Å². The maximum Gasteiger partial charge on any atom is 0.124 e. The van der Waals surface area contributed by atoms with Crippen molar-refractivity contribution >= 4 is 21.4 Å². The number of hydrogen-bond donors (Lipinski definition) is 1. The van der Waals surface area contributed by atoms with Crippen LogP contribution in [0.25, 0.3) is 10.1 Å². The molecule has 1 N–H and O–H groups in total. The quantitative estimate of drug-likeness (QED) is 0.565. The van der Waals surface area contributed by atoms with E-state index in [1.54, 1.807) is 17.4 Å². The molecule has 1 aromatic carbocycles. The van der Waals surface area contributed by atoms with E-state index in [0.717, 1.165) is 42.3 Å². The van der Waals surface area contributed by atoms with Crippen LogP contribution < -0.4 is 5.32 Å². The van der Waals surface area contributed by atoms with E-state index >= 15 is 0 Å². The molecule has 0 aliphatic heterocycles. The summed E-state index contributed by atoms with van der Waals surface area (Å²) in [4.78, 5) is 1.27. The molecule has 1 unspecified atom stereocenters. The summed E-state index contributed by atoms with van der Waals surface area (Å²) >= 11 is 1.67. The van der Waals surface area contributed by atoms with Gasteiger partial charge in [-0.1, -0.05) is 13.0 Å². The average molecular weight is 289 g/mol. The number of thiophene rings is 1. The second-order valence-corrected chi connectivity index (χ2v) is 6.05. The Kier molecular flexibility index (Phi) is 5.58. The molecule has 1 heterocycles. The number of fused-ring (bicyclic) bond motifs is 1. The fourth-order valence-electron chi connectivity index (χ4n) is 2.27. The van der Waals surface area contributed by atoms with Crippen molar-refractivity contribution in [3.63, 3.8) is 0 Å². The lowest BCUT2D eigenvalue weighted by Gasteiger charge is -2.16. The van der Waals surface area contributed by atoms with Crippen molar-refractivity contribution in [3.8, 4) is 12.3 Å². The highest BCUT2D eigenvalue weighted by Crippen LogP contribution is 2.32. The van der Waals surface area contributed by atoms with Crippen LogP contribution in [0.2, 0.25) is 0 Å². The predicted octanol–water partition coefficient (Wildman–Crippen LogP) is 4.88. The van der Waals surface area contributed by atoms with E-state index in [9.17, 15) is 4.39 Å². The zero-order valence-corrected chi connectivity index (χ0v) is 12.6. The third kappa shape index (κ3) is 3.82. The zero-order chi connectivity index (χ0) is 14.4. The van der Waals surface area contributed by atoms with Gasteiger partial charge in [-0.15, -0.1) is 23.7 Å². The molecule has 0 aliphatic carbocycles. The van der Waals surface area contributed by atoms with Crippen molar-refractivity contribution in [1.82, 2.24) is 5.32 Å².